The molecule has 1 aliphatic carbocycles. The molecule has 1 aromatic rings. The van der Waals surface area contributed by atoms with Gasteiger partial charge in [-0.1, -0.05) is 0 Å². The number of alkyl halides is 1. The first-order valence-corrected chi connectivity index (χ1v) is 7.59. The van der Waals surface area contributed by atoms with Gasteiger partial charge in [-0.05, 0) is 44.9 Å². The highest BCUT2D eigenvalue weighted by atomic mass is 35.5. The summed E-state index contributed by atoms with van der Waals surface area (Å²) in [7, 11) is 0. The molecule has 1 aliphatic heterocycles. The van der Waals surface area contributed by atoms with Crippen molar-refractivity contribution in [2.24, 2.45) is 0 Å². The fourth-order valence-corrected chi connectivity index (χ4v) is 3.51. The van der Waals surface area contributed by atoms with E-state index in [1.165, 1.54) is 49.2 Å². The van der Waals surface area contributed by atoms with Crippen molar-refractivity contribution in [3.8, 4) is 0 Å². The number of aromatic nitrogens is 2. The smallest absolute Gasteiger partial charge is 0.135 e. The monoisotopic (exact) mass is 265 g/mol. The number of fused-ring (bicyclic) bond motifs is 1. The van der Waals surface area contributed by atoms with E-state index in [0.29, 0.717) is 11.9 Å². The molecular weight excluding hydrogens is 246 g/mol. The third-order valence-corrected chi connectivity index (χ3v) is 4.54. The molecule has 98 valence electrons. The van der Waals surface area contributed by atoms with Crippen molar-refractivity contribution in [2.75, 3.05) is 17.3 Å². The first kappa shape index (κ1) is 12.2. The van der Waals surface area contributed by atoms with Gasteiger partial charge in [0.25, 0.3) is 0 Å². The van der Waals surface area contributed by atoms with Crippen molar-refractivity contribution in [1.29, 1.82) is 0 Å². The Morgan fingerprint density at radius 2 is 2.06 bits per heavy atom. The summed E-state index contributed by atoms with van der Waals surface area (Å²) in [4.78, 5) is 11.5. The van der Waals surface area contributed by atoms with Crippen LogP contribution in [0.4, 0.5) is 5.82 Å². The Labute approximate surface area is 114 Å². The van der Waals surface area contributed by atoms with Gasteiger partial charge < -0.3 is 4.90 Å². The van der Waals surface area contributed by atoms with Crippen LogP contribution in [-0.2, 0) is 12.8 Å². The van der Waals surface area contributed by atoms with Crippen molar-refractivity contribution in [3.63, 3.8) is 0 Å². The molecule has 1 aromatic heterocycles. The topological polar surface area (TPSA) is 29.0 Å². The first-order chi connectivity index (χ1) is 8.90. The van der Waals surface area contributed by atoms with E-state index >= 15 is 0 Å². The summed E-state index contributed by atoms with van der Waals surface area (Å²) >= 11 is 6.12. The molecular formula is C14H20ClN3. The standard InChI is InChI=1S/C14H20ClN3/c15-9-11-5-3-4-8-18(11)14-12-6-1-2-7-13(12)16-10-17-14/h10-11H,1-9H2. The van der Waals surface area contributed by atoms with Gasteiger partial charge in [-0.2, -0.15) is 0 Å². The zero-order chi connectivity index (χ0) is 12.4. The van der Waals surface area contributed by atoms with Crippen LogP contribution in [0.3, 0.4) is 0 Å². The SMILES string of the molecule is ClCC1CCCCN1c1ncnc2c1CCCC2. The van der Waals surface area contributed by atoms with E-state index < -0.39 is 0 Å². The minimum absolute atomic E-state index is 0.460. The molecule has 0 radical (unpaired) electrons. The number of aryl methyl sites for hydroxylation is 1. The predicted molar refractivity (Wildman–Crippen MR) is 74.4 cm³/mol. The van der Waals surface area contributed by atoms with Crippen LogP contribution >= 0.6 is 11.6 Å². The van der Waals surface area contributed by atoms with Crippen molar-refractivity contribution in [3.05, 3.63) is 17.6 Å². The van der Waals surface area contributed by atoms with Crippen LogP contribution in [0.25, 0.3) is 0 Å². The molecule has 18 heavy (non-hydrogen) atoms. The second-order valence-electron chi connectivity index (χ2n) is 5.33. The second-order valence-corrected chi connectivity index (χ2v) is 5.64. The van der Waals surface area contributed by atoms with Crippen molar-refractivity contribution in [1.82, 2.24) is 9.97 Å². The summed E-state index contributed by atoms with van der Waals surface area (Å²) in [6.07, 6.45) is 10.3. The number of hydrogen-bond donors (Lipinski definition) is 0. The molecule has 0 bridgehead atoms. The van der Waals surface area contributed by atoms with Gasteiger partial charge in [-0.15, -0.1) is 11.6 Å². The molecule has 4 heteroatoms. The fourth-order valence-electron chi connectivity index (χ4n) is 3.19. The summed E-state index contributed by atoms with van der Waals surface area (Å²) in [5, 5.41) is 0. The Bertz CT molecular complexity index is 422. The Balaban J connectivity index is 1.95. The zero-order valence-electron chi connectivity index (χ0n) is 10.7. The number of nitrogens with zero attached hydrogens (tertiary/aromatic N) is 3. The second kappa shape index (κ2) is 5.43. The van der Waals surface area contributed by atoms with Crippen LogP contribution in [0, 0.1) is 0 Å². The van der Waals surface area contributed by atoms with E-state index in [1.807, 2.05) is 0 Å². The molecule has 0 aromatic carbocycles. The lowest BCUT2D eigenvalue weighted by Gasteiger charge is -2.37. The van der Waals surface area contributed by atoms with Gasteiger partial charge in [0.15, 0.2) is 0 Å². The summed E-state index contributed by atoms with van der Waals surface area (Å²) in [5.41, 5.74) is 2.66. The minimum atomic E-state index is 0.460. The lowest BCUT2D eigenvalue weighted by Crippen LogP contribution is -2.42. The Morgan fingerprint density at radius 1 is 1.17 bits per heavy atom. The maximum atomic E-state index is 6.12. The Hall–Kier alpha value is -0.830. The first-order valence-electron chi connectivity index (χ1n) is 7.05. The molecule has 3 nitrogen and oxygen atoms in total. The number of rotatable bonds is 2. The Kier molecular flexibility index (Phi) is 3.69. The lowest BCUT2D eigenvalue weighted by atomic mass is 9.95. The normalized spacial score (nSPS) is 23.8. The molecule has 0 spiro atoms. The van der Waals surface area contributed by atoms with Crippen LogP contribution < -0.4 is 4.90 Å². The van der Waals surface area contributed by atoms with E-state index in [0.717, 1.165) is 19.4 Å². The maximum Gasteiger partial charge on any atom is 0.135 e. The third-order valence-electron chi connectivity index (χ3n) is 4.18. The van der Waals surface area contributed by atoms with Crippen LogP contribution in [0.1, 0.15) is 43.4 Å². The van der Waals surface area contributed by atoms with Crippen molar-refractivity contribution < 1.29 is 0 Å². The highest BCUT2D eigenvalue weighted by molar-refractivity contribution is 6.18. The van der Waals surface area contributed by atoms with E-state index in [-0.39, 0.29) is 0 Å². The molecule has 0 amide bonds. The number of anilines is 1. The zero-order valence-corrected chi connectivity index (χ0v) is 11.5. The van der Waals surface area contributed by atoms with Gasteiger partial charge in [0.2, 0.25) is 0 Å². The van der Waals surface area contributed by atoms with E-state index in [1.54, 1.807) is 6.33 Å². The Morgan fingerprint density at radius 3 is 2.94 bits per heavy atom. The van der Waals surface area contributed by atoms with Gasteiger partial charge in [-0.3, -0.25) is 0 Å². The van der Waals surface area contributed by atoms with Crippen LogP contribution in [0.15, 0.2) is 6.33 Å². The van der Waals surface area contributed by atoms with Gasteiger partial charge in [0, 0.05) is 29.7 Å². The molecule has 3 rings (SSSR count). The fraction of sp³-hybridized carbons (Fsp3) is 0.714. The van der Waals surface area contributed by atoms with E-state index in [4.69, 9.17) is 11.6 Å². The number of hydrogen-bond acceptors (Lipinski definition) is 3. The molecule has 0 N–H and O–H groups in total. The average Bonchev–Trinajstić information content (AvgIpc) is 2.46. The minimum Gasteiger partial charge on any atom is -0.352 e. The third kappa shape index (κ3) is 2.20. The van der Waals surface area contributed by atoms with Crippen LogP contribution in [-0.4, -0.2) is 28.4 Å². The predicted octanol–water partition coefficient (Wildman–Crippen LogP) is 2.95. The summed E-state index contributed by atoms with van der Waals surface area (Å²) in [6.45, 7) is 1.10. The van der Waals surface area contributed by atoms with Gasteiger partial charge in [0.1, 0.15) is 12.1 Å². The number of halogens is 1. The van der Waals surface area contributed by atoms with Gasteiger partial charge in [-0.25, -0.2) is 9.97 Å². The quantitative estimate of drug-likeness (QED) is 0.770. The summed E-state index contributed by atoms with van der Waals surface area (Å²) in [6, 6.07) is 0.460. The molecule has 2 heterocycles. The lowest BCUT2D eigenvalue weighted by molar-refractivity contribution is 0.481. The number of piperidine rings is 1. The van der Waals surface area contributed by atoms with Crippen LogP contribution in [0.5, 0.6) is 0 Å². The molecule has 1 unspecified atom stereocenters. The molecule has 2 aliphatic rings. The van der Waals surface area contributed by atoms with Gasteiger partial charge in [0.05, 0.1) is 0 Å². The van der Waals surface area contributed by atoms with E-state index in [2.05, 4.69) is 14.9 Å². The summed E-state index contributed by atoms with van der Waals surface area (Å²) in [5.74, 6) is 1.88. The largest absolute Gasteiger partial charge is 0.352 e. The van der Waals surface area contributed by atoms with Crippen LogP contribution in [0.2, 0.25) is 0 Å². The molecule has 0 saturated carbocycles. The maximum absolute atomic E-state index is 6.12. The molecule has 1 fully saturated rings. The average molecular weight is 266 g/mol. The highest BCUT2D eigenvalue weighted by Gasteiger charge is 2.26. The van der Waals surface area contributed by atoms with Gasteiger partial charge >= 0.3 is 0 Å². The van der Waals surface area contributed by atoms with Crippen molar-refractivity contribution in [2.45, 2.75) is 51.0 Å². The summed E-state index contributed by atoms with van der Waals surface area (Å²) < 4.78 is 0. The molecule has 1 atom stereocenters. The molecule has 1 saturated heterocycles. The van der Waals surface area contributed by atoms with Crippen molar-refractivity contribution >= 4 is 17.4 Å². The van der Waals surface area contributed by atoms with E-state index in [9.17, 15) is 0 Å². The highest BCUT2D eigenvalue weighted by Crippen LogP contribution is 2.31.